The molecule has 0 aliphatic carbocycles. The molecule has 0 aliphatic heterocycles. The molecule has 0 saturated carbocycles. The smallest absolute Gasteiger partial charge is 0.231 e. The lowest BCUT2D eigenvalue weighted by Gasteiger charge is -2.10. The number of aromatic nitrogens is 4. The fraction of sp³-hybridized carbons (Fsp3) is 0.250. The largest absolute Gasteiger partial charge is 0.497 e. The minimum absolute atomic E-state index is 0.0941. The van der Waals surface area contributed by atoms with Gasteiger partial charge in [0.05, 0.1) is 39.9 Å². The molecule has 10 heteroatoms. The van der Waals surface area contributed by atoms with E-state index in [0.717, 1.165) is 11.3 Å². The third-order valence-electron chi connectivity index (χ3n) is 5.08. The summed E-state index contributed by atoms with van der Waals surface area (Å²) in [6.45, 7) is 0.597. The van der Waals surface area contributed by atoms with Crippen LogP contribution in [0.3, 0.4) is 0 Å². The first kappa shape index (κ1) is 22.8. The summed E-state index contributed by atoms with van der Waals surface area (Å²) in [5.74, 6) is 2.79. The van der Waals surface area contributed by atoms with Crippen LogP contribution >= 0.6 is 0 Å². The van der Waals surface area contributed by atoms with Crippen LogP contribution in [0.2, 0.25) is 0 Å². The van der Waals surface area contributed by atoms with Gasteiger partial charge in [0.15, 0.2) is 11.5 Å². The van der Waals surface area contributed by atoms with Crippen LogP contribution < -0.4 is 24.3 Å². The number of methoxy groups -OCH3 is 3. The predicted octanol–water partition coefficient (Wildman–Crippen LogP) is 2.55. The van der Waals surface area contributed by atoms with Gasteiger partial charge in [-0.2, -0.15) is 4.52 Å². The minimum atomic E-state index is -0.0941. The van der Waals surface area contributed by atoms with E-state index in [4.69, 9.17) is 18.9 Å². The maximum absolute atomic E-state index is 12.2. The topological polar surface area (TPSA) is 109 Å². The molecule has 10 nitrogen and oxygen atoms in total. The fourth-order valence-corrected chi connectivity index (χ4v) is 3.34. The first-order chi connectivity index (χ1) is 16.6. The van der Waals surface area contributed by atoms with E-state index in [1.807, 2.05) is 30.3 Å². The molecule has 176 valence electrons. The molecule has 4 rings (SSSR count). The number of nitrogens with one attached hydrogen (secondary N) is 1. The van der Waals surface area contributed by atoms with Crippen molar-refractivity contribution in [1.29, 1.82) is 0 Å². The van der Waals surface area contributed by atoms with Crippen LogP contribution in [0.4, 0.5) is 0 Å². The van der Waals surface area contributed by atoms with E-state index in [1.165, 1.54) is 0 Å². The van der Waals surface area contributed by atoms with Gasteiger partial charge in [-0.05, 0) is 42.0 Å². The van der Waals surface area contributed by atoms with E-state index in [1.54, 1.807) is 50.1 Å². The molecule has 0 atom stereocenters. The van der Waals surface area contributed by atoms with Crippen molar-refractivity contribution in [3.8, 4) is 34.5 Å². The zero-order valence-electron chi connectivity index (χ0n) is 19.1. The first-order valence-electron chi connectivity index (χ1n) is 10.6. The standard InChI is InChI=1S/C24H25N5O5/c1-31-17-6-4-16(5-7-17)14-22(30)25-12-13-34-23-11-10-21-26-27-24(29(21)28-23)19-15-18(32-2)8-9-20(19)33-3/h4-11,15H,12-14H2,1-3H3,(H,25,30). The number of carbonyl (C=O) groups is 1. The highest BCUT2D eigenvalue weighted by molar-refractivity contribution is 5.78. The van der Waals surface area contributed by atoms with Crippen LogP contribution in [0.25, 0.3) is 17.0 Å². The number of hydrogen-bond acceptors (Lipinski definition) is 8. The monoisotopic (exact) mass is 463 g/mol. The number of rotatable bonds is 10. The summed E-state index contributed by atoms with van der Waals surface area (Å²) in [6, 6.07) is 16.2. The average molecular weight is 463 g/mol. The van der Waals surface area contributed by atoms with Gasteiger partial charge in [-0.1, -0.05) is 12.1 Å². The highest BCUT2D eigenvalue weighted by Crippen LogP contribution is 2.32. The number of hydrogen-bond donors (Lipinski definition) is 1. The lowest BCUT2D eigenvalue weighted by Crippen LogP contribution is -2.29. The SMILES string of the molecule is COc1ccc(CC(=O)NCCOc2ccc3nnc(-c4cc(OC)ccc4OC)n3n2)cc1. The summed E-state index contributed by atoms with van der Waals surface area (Å²) in [6.07, 6.45) is 0.278. The Morgan fingerprint density at radius 1 is 0.912 bits per heavy atom. The summed E-state index contributed by atoms with van der Waals surface area (Å²) < 4.78 is 23.2. The van der Waals surface area contributed by atoms with E-state index in [-0.39, 0.29) is 18.9 Å². The van der Waals surface area contributed by atoms with Gasteiger partial charge in [0.1, 0.15) is 23.9 Å². The molecule has 2 heterocycles. The lowest BCUT2D eigenvalue weighted by atomic mass is 10.1. The van der Waals surface area contributed by atoms with Crippen LogP contribution in [-0.2, 0) is 11.2 Å². The van der Waals surface area contributed by atoms with Crippen molar-refractivity contribution < 1.29 is 23.7 Å². The van der Waals surface area contributed by atoms with Gasteiger partial charge in [-0.3, -0.25) is 4.79 Å². The number of fused-ring (bicyclic) bond motifs is 1. The molecule has 1 amide bonds. The van der Waals surface area contributed by atoms with Crippen molar-refractivity contribution in [3.05, 3.63) is 60.2 Å². The Morgan fingerprint density at radius 2 is 1.68 bits per heavy atom. The zero-order valence-corrected chi connectivity index (χ0v) is 19.1. The third-order valence-corrected chi connectivity index (χ3v) is 5.08. The molecule has 34 heavy (non-hydrogen) atoms. The Kier molecular flexibility index (Phi) is 7.07. The van der Waals surface area contributed by atoms with Crippen molar-refractivity contribution in [2.45, 2.75) is 6.42 Å². The van der Waals surface area contributed by atoms with Gasteiger partial charge in [-0.25, -0.2) is 0 Å². The molecule has 0 fully saturated rings. The van der Waals surface area contributed by atoms with Gasteiger partial charge >= 0.3 is 0 Å². The zero-order chi connectivity index (χ0) is 23.9. The Hall–Kier alpha value is -4.34. The van der Waals surface area contributed by atoms with Crippen molar-refractivity contribution in [2.75, 3.05) is 34.5 Å². The highest BCUT2D eigenvalue weighted by atomic mass is 16.5. The van der Waals surface area contributed by atoms with E-state index >= 15 is 0 Å². The number of amides is 1. The molecule has 0 bridgehead atoms. The van der Waals surface area contributed by atoms with Crippen molar-refractivity contribution >= 4 is 11.6 Å². The molecule has 0 saturated heterocycles. The predicted molar refractivity (Wildman–Crippen MR) is 125 cm³/mol. The van der Waals surface area contributed by atoms with Crippen molar-refractivity contribution in [1.82, 2.24) is 25.1 Å². The van der Waals surface area contributed by atoms with Gasteiger partial charge in [-0.15, -0.1) is 15.3 Å². The van der Waals surface area contributed by atoms with Gasteiger partial charge in [0.25, 0.3) is 0 Å². The third kappa shape index (κ3) is 5.17. The number of carbonyl (C=O) groups excluding carboxylic acids is 1. The normalized spacial score (nSPS) is 10.7. The molecule has 0 unspecified atom stereocenters. The van der Waals surface area contributed by atoms with E-state index in [9.17, 15) is 4.79 Å². The minimum Gasteiger partial charge on any atom is -0.497 e. The molecular formula is C24H25N5O5. The molecule has 2 aromatic heterocycles. The van der Waals surface area contributed by atoms with Crippen molar-refractivity contribution in [3.63, 3.8) is 0 Å². The summed E-state index contributed by atoms with van der Waals surface area (Å²) in [7, 11) is 4.78. The molecule has 0 radical (unpaired) electrons. The molecule has 4 aromatic rings. The van der Waals surface area contributed by atoms with Gasteiger partial charge in [0, 0.05) is 6.07 Å². The second-order valence-electron chi connectivity index (χ2n) is 7.25. The second kappa shape index (κ2) is 10.5. The average Bonchev–Trinajstić information content (AvgIpc) is 3.30. The number of nitrogens with zero attached hydrogens (tertiary/aromatic N) is 4. The number of benzene rings is 2. The van der Waals surface area contributed by atoms with Crippen LogP contribution in [0, 0.1) is 0 Å². The van der Waals surface area contributed by atoms with Crippen LogP contribution in [0.15, 0.2) is 54.6 Å². The molecule has 2 aromatic carbocycles. The highest BCUT2D eigenvalue weighted by Gasteiger charge is 2.16. The van der Waals surface area contributed by atoms with E-state index in [2.05, 4.69) is 20.6 Å². The number of ether oxygens (including phenoxy) is 4. The van der Waals surface area contributed by atoms with Crippen LogP contribution in [0.1, 0.15) is 5.56 Å². The van der Waals surface area contributed by atoms with Crippen LogP contribution in [-0.4, -0.2) is 60.2 Å². The summed E-state index contributed by atoms with van der Waals surface area (Å²) in [4.78, 5) is 12.2. The van der Waals surface area contributed by atoms with E-state index < -0.39 is 0 Å². The second-order valence-corrected chi connectivity index (χ2v) is 7.25. The Balaban J connectivity index is 1.38. The van der Waals surface area contributed by atoms with Gasteiger partial charge in [0.2, 0.25) is 11.8 Å². The molecule has 0 aliphatic rings. The maximum Gasteiger partial charge on any atom is 0.231 e. The van der Waals surface area contributed by atoms with Crippen molar-refractivity contribution in [2.24, 2.45) is 0 Å². The molecular weight excluding hydrogens is 438 g/mol. The maximum atomic E-state index is 12.2. The van der Waals surface area contributed by atoms with E-state index in [0.29, 0.717) is 41.0 Å². The Labute approximate surface area is 196 Å². The fourth-order valence-electron chi connectivity index (χ4n) is 3.34. The first-order valence-corrected chi connectivity index (χ1v) is 10.6. The van der Waals surface area contributed by atoms with Crippen LogP contribution in [0.5, 0.6) is 23.1 Å². The summed E-state index contributed by atoms with van der Waals surface area (Å²) >= 11 is 0. The molecule has 1 N–H and O–H groups in total. The summed E-state index contributed by atoms with van der Waals surface area (Å²) in [5, 5.41) is 15.8. The summed E-state index contributed by atoms with van der Waals surface area (Å²) in [5.41, 5.74) is 2.14. The van der Waals surface area contributed by atoms with Gasteiger partial charge < -0.3 is 24.3 Å². The lowest BCUT2D eigenvalue weighted by molar-refractivity contribution is -0.120. The Bertz CT molecular complexity index is 1270. The quantitative estimate of drug-likeness (QED) is 0.358. The Morgan fingerprint density at radius 3 is 2.41 bits per heavy atom. The molecule has 0 spiro atoms.